The van der Waals surface area contributed by atoms with Gasteiger partial charge >= 0.3 is 0 Å². The van der Waals surface area contributed by atoms with Crippen molar-refractivity contribution in [3.8, 4) is 0 Å². The lowest BCUT2D eigenvalue weighted by atomic mass is 10.3. The highest BCUT2D eigenvalue weighted by atomic mass is 15.1. The van der Waals surface area contributed by atoms with Crippen molar-refractivity contribution in [2.45, 2.75) is 0 Å². The van der Waals surface area contributed by atoms with E-state index in [9.17, 15) is 0 Å². The molecule has 1 aromatic carbocycles. The summed E-state index contributed by atoms with van der Waals surface area (Å²) in [5, 5.41) is 0. The third kappa shape index (κ3) is 1.41. The molecule has 0 unspecified atom stereocenters. The summed E-state index contributed by atoms with van der Waals surface area (Å²) in [4.78, 5) is 2.04. The van der Waals surface area contributed by atoms with Crippen molar-refractivity contribution >= 4 is 11.4 Å². The average molecular weight is 138 g/mol. The van der Waals surface area contributed by atoms with Crippen LogP contribution in [0.1, 0.15) is 1.43 Å². The number of hydrogen-bond donors (Lipinski definition) is 1. The van der Waals surface area contributed by atoms with Crippen molar-refractivity contribution in [2.75, 3.05) is 24.7 Å². The zero-order valence-corrected chi connectivity index (χ0v) is 6.33. The summed E-state index contributed by atoms with van der Waals surface area (Å²) < 4.78 is 0. The van der Waals surface area contributed by atoms with Crippen molar-refractivity contribution in [3.05, 3.63) is 24.3 Å². The van der Waals surface area contributed by atoms with Gasteiger partial charge < -0.3 is 10.6 Å². The third-order valence-corrected chi connectivity index (χ3v) is 1.41. The fourth-order valence-electron chi connectivity index (χ4n) is 0.772. The minimum Gasteiger partial charge on any atom is -0.399 e. The van der Waals surface area contributed by atoms with Crippen LogP contribution in [0.4, 0.5) is 11.4 Å². The van der Waals surface area contributed by atoms with Gasteiger partial charge in [0.05, 0.1) is 0 Å². The maximum absolute atomic E-state index is 5.51. The Hall–Kier alpha value is -1.18. The van der Waals surface area contributed by atoms with E-state index in [1.165, 1.54) is 5.69 Å². The van der Waals surface area contributed by atoms with Crippen LogP contribution in [-0.2, 0) is 0 Å². The minimum atomic E-state index is 0. The summed E-state index contributed by atoms with van der Waals surface area (Å²) in [7, 11) is 4.01. The van der Waals surface area contributed by atoms with Crippen molar-refractivity contribution in [1.82, 2.24) is 0 Å². The summed E-state index contributed by atoms with van der Waals surface area (Å²) >= 11 is 0. The van der Waals surface area contributed by atoms with Gasteiger partial charge in [-0.25, -0.2) is 0 Å². The van der Waals surface area contributed by atoms with E-state index in [0.717, 1.165) is 5.69 Å². The lowest BCUT2D eigenvalue weighted by Gasteiger charge is -2.11. The number of rotatable bonds is 1. The van der Waals surface area contributed by atoms with E-state index < -0.39 is 0 Å². The van der Waals surface area contributed by atoms with Crippen LogP contribution in [0.5, 0.6) is 0 Å². The van der Waals surface area contributed by atoms with Crippen molar-refractivity contribution in [2.24, 2.45) is 0 Å². The second-order valence-corrected chi connectivity index (χ2v) is 2.49. The minimum absolute atomic E-state index is 0. The summed E-state index contributed by atoms with van der Waals surface area (Å²) in [6, 6.07) is 7.79. The van der Waals surface area contributed by atoms with Crippen LogP contribution in [0.3, 0.4) is 0 Å². The van der Waals surface area contributed by atoms with E-state index in [-0.39, 0.29) is 1.43 Å². The summed E-state index contributed by atoms with van der Waals surface area (Å²) in [5.41, 5.74) is 7.49. The quantitative estimate of drug-likeness (QED) is 0.597. The average Bonchev–Trinajstić information content (AvgIpc) is 1.88. The van der Waals surface area contributed by atoms with Crippen LogP contribution >= 0.6 is 0 Å². The van der Waals surface area contributed by atoms with E-state index in [1.54, 1.807) is 0 Å². The molecular weight excluding hydrogens is 124 g/mol. The number of benzene rings is 1. The Labute approximate surface area is 62.7 Å². The fraction of sp³-hybridized carbons (Fsp3) is 0.250. The van der Waals surface area contributed by atoms with Crippen LogP contribution in [0.2, 0.25) is 0 Å². The van der Waals surface area contributed by atoms with Crippen LogP contribution in [0, 0.1) is 0 Å². The molecule has 0 saturated heterocycles. The molecule has 0 aromatic heterocycles. The lowest BCUT2D eigenvalue weighted by molar-refractivity contribution is 1.13. The first kappa shape index (κ1) is 6.93. The first-order chi connectivity index (χ1) is 4.70. The molecule has 56 valence electrons. The standard InChI is InChI=1S/C8H12N2.H2/c1-10(2)8-5-3-7(9)4-6-8;/h3-6H,9H2,1-2H3;1H. The van der Waals surface area contributed by atoms with Gasteiger partial charge in [0, 0.05) is 26.9 Å². The normalized spacial score (nSPS) is 9.40. The Morgan fingerprint density at radius 3 is 2.10 bits per heavy atom. The number of nitrogens with two attached hydrogens (primary N) is 1. The Bertz CT molecular complexity index is 206. The molecule has 0 amide bonds. The molecule has 0 heterocycles. The number of nitrogens with zero attached hydrogens (tertiary/aromatic N) is 1. The maximum Gasteiger partial charge on any atom is 0.0362 e. The molecule has 0 spiro atoms. The highest BCUT2D eigenvalue weighted by molar-refractivity contribution is 5.51. The molecule has 1 aromatic rings. The summed E-state index contributed by atoms with van der Waals surface area (Å²) in [5.74, 6) is 0. The lowest BCUT2D eigenvalue weighted by Crippen LogP contribution is -2.08. The molecular formula is C8H14N2. The van der Waals surface area contributed by atoms with Gasteiger partial charge in [0.2, 0.25) is 0 Å². The van der Waals surface area contributed by atoms with E-state index >= 15 is 0 Å². The Kier molecular flexibility index (Phi) is 1.81. The molecule has 2 heteroatoms. The first-order valence-corrected chi connectivity index (χ1v) is 3.23. The maximum atomic E-state index is 5.51. The van der Waals surface area contributed by atoms with Gasteiger partial charge in [0.1, 0.15) is 0 Å². The Balaban J connectivity index is 0.000001000. The molecule has 2 N–H and O–H groups in total. The molecule has 10 heavy (non-hydrogen) atoms. The molecule has 0 aliphatic heterocycles. The largest absolute Gasteiger partial charge is 0.399 e. The van der Waals surface area contributed by atoms with Gasteiger partial charge in [-0.1, -0.05) is 0 Å². The van der Waals surface area contributed by atoms with Gasteiger partial charge in [-0.3, -0.25) is 0 Å². The van der Waals surface area contributed by atoms with Gasteiger partial charge in [0.25, 0.3) is 0 Å². The van der Waals surface area contributed by atoms with Crippen molar-refractivity contribution in [1.29, 1.82) is 0 Å². The van der Waals surface area contributed by atoms with Gasteiger partial charge in [-0.15, -0.1) is 0 Å². The topological polar surface area (TPSA) is 29.3 Å². The zero-order chi connectivity index (χ0) is 7.56. The van der Waals surface area contributed by atoms with Crippen LogP contribution in [-0.4, -0.2) is 14.1 Å². The van der Waals surface area contributed by atoms with Gasteiger partial charge in [-0.2, -0.15) is 0 Å². The second kappa shape index (κ2) is 2.60. The summed E-state index contributed by atoms with van der Waals surface area (Å²) in [6.45, 7) is 0. The third-order valence-electron chi connectivity index (χ3n) is 1.41. The van der Waals surface area contributed by atoms with E-state index in [2.05, 4.69) is 0 Å². The molecule has 0 saturated carbocycles. The first-order valence-electron chi connectivity index (χ1n) is 3.23. The monoisotopic (exact) mass is 138 g/mol. The van der Waals surface area contributed by atoms with E-state index in [0.29, 0.717) is 0 Å². The predicted molar refractivity (Wildman–Crippen MR) is 47.3 cm³/mol. The smallest absolute Gasteiger partial charge is 0.0362 e. The van der Waals surface area contributed by atoms with Crippen LogP contribution < -0.4 is 10.6 Å². The van der Waals surface area contributed by atoms with Gasteiger partial charge in [0.15, 0.2) is 0 Å². The number of nitrogen functional groups attached to an aromatic ring is 1. The molecule has 0 atom stereocenters. The molecule has 0 bridgehead atoms. The molecule has 0 fully saturated rings. The highest BCUT2D eigenvalue weighted by Gasteiger charge is 1.91. The van der Waals surface area contributed by atoms with Crippen molar-refractivity contribution < 1.29 is 1.43 Å². The number of anilines is 2. The molecule has 0 aliphatic rings. The van der Waals surface area contributed by atoms with Crippen LogP contribution in [0.15, 0.2) is 24.3 Å². The van der Waals surface area contributed by atoms with Crippen molar-refractivity contribution in [3.63, 3.8) is 0 Å². The Morgan fingerprint density at radius 2 is 1.70 bits per heavy atom. The second-order valence-electron chi connectivity index (χ2n) is 2.49. The molecule has 1 rings (SSSR count). The Morgan fingerprint density at radius 1 is 1.20 bits per heavy atom. The fourth-order valence-corrected chi connectivity index (χ4v) is 0.772. The summed E-state index contributed by atoms with van der Waals surface area (Å²) in [6.07, 6.45) is 0. The number of hydrogen-bond acceptors (Lipinski definition) is 2. The zero-order valence-electron chi connectivity index (χ0n) is 6.33. The van der Waals surface area contributed by atoms with Crippen LogP contribution in [0.25, 0.3) is 0 Å². The van der Waals surface area contributed by atoms with E-state index in [1.807, 2.05) is 43.3 Å². The highest BCUT2D eigenvalue weighted by Crippen LogP contribution is 2.12. The molecule has 0 aliphatic carbocycles. The SMILES string of the molecule is CN(C)c1ccc(N)cc1.[HH]. The van der Waals surface area contributed by atoms with E-state index in [4.69, 9.17) is 5.73 Å². The van der Waals surface area contributed by atoms with Gasteiger partial charge in [-0.05, 0) is 24.3 Å². The molecule has 2 nitrogen and oxygen atoms in total. The molecule has 0 radical (unpaired) electrons. The predicted octanol–water partition coefficient (Wildman–Crippen LogP) is 1.58.